The van der Waals surface area contributed by atoms with Crippen LogP contribution < -0.4 is 0 Å². The Balaban J connectivity index is 2.31. The van der Waals surface area contributed by atoms with E-state index < -0.39 is 6.10 Å². The molecule has 0 aliphatic carbocycles. The van der Waals surface area contributed by atoms with Gasteiger partial charge in [0.2, 0.25) is 0 Å². The number of halogens is 2. The Labute approximate surface area is 109 Å². The van der Waals surface area contributed by atoms with Crippen molar-refractivity contribution in [3.63, 3.8) is 0 Å². The first-order valence-electron chi connectivity index (χ1n) is 4.27. The first kappa shape index (κ1) is 11.6. The molecule has 1 unspecified atom stereocenters. The van der Waals surface area contributed by atoms with Gasteiger partial charge in [0.1, 0.15) is 6.10 Å². The smallest absolute Gasteiger partial charge is 0.122 e. The van der Waals surface area contributed by atoms with Crippen LogP contribution in [0.2, 0.25) is 4.34 Å². The molecule has 15 heavy (non-hydrogen) atoms. The Bertz CT molecular complexity index is 458. The van der Waals surface area contributed by atoms with Gasteiger partial charge in [0.25, 0.3) is 0 Å². The lowest BCUT2D eigenvalue weighted by molar-refractivity contribution is 0.228. The summed E-state index contributed by atoms with van der Waals surface area (Å²) in [6.07, 6.45) is -0.558. The van der Waals surface area contributed by atoms with Crippen LogP contribution in [0.15, 0.2) is 22.7 Å². The zero-order valence-corrected chi connectivity index (χ0v) is 11.8. The fraction of sp³-hybridized carbons (Fsp3) is 0.200. The molecule has 1 atom stereocenters. The van der Waals surface area contributed by atoms with Crippen molar-refractivity contribution in [1.29, 1.82) is 0 Å². The van der Waals surface area contributed by atoms with Gasteiger partial charge in [0.15, 0.2) is 0 Å². The lowest BCUT2D eigenvalue weighted by atomic mass is 10.2. The van der Waals surface area contributed by atoms with E-state index in [0.29, 0.717) is 4.34 Å². The highest BCUT2D eigenvalue weighted by Gasteiger charge is 2.16. The van der Waals surface area contributed by atoms with Crippen molar-refractivity contribution >= 4 is 50.2 Å². The molecule has 2 aromatic rings. The second-order valence-electron chi connectivity index (χ2n) is 3.10. The quantitative estimate of drug-likeness (QED) is 0.855. The minimum atomic E-state index is -0.558. The van der Waals surface area contributed by atoms with E-state index in [-0.39, 0.29) is 0 Å². The van der Waals surface area contributed by atoms with Gasteiger partial charge in [-0.05, 0) is 41.1 Å². The molecule has 1 N–H and O–H groups in total. The number of aryl methyl sites for hydroxylation is 1. The topological polar surface area (TPSA) is 20.2 Å². The summed E-state index contributed by atoms with van der Waals surface area (Å²) in [5, 5.41) is 10.1. The normalized spacial score (nSPS) is 13.1. The third-order valence-corrected chi connectivity index (χ3v) is 5.48. The van der Waals surface area contributed by atoms with Crippen LogP contribution >= 0.6 is 50.2 Å². The molecule has 0 aliphatic rings. The third kappa shape index (κ3) is 2.45. The van der Waals surface area contributed by atoms with Gasteiger partial charge in [-0.3, -0.25) is 0 Å². The van der Waals surface area contributed by atoms with Crippen molar-refractivity contribution in [1.82, 2.24) is 0 Å². The molecule has 0 saturated heterocycles. The first-order valence-corrected chi connectivity index (χ1v) is 7.07. The van der Waals surface area contributed by atoms with Crippen LogP contribution in [0.5, 0.6) is 0 Å². The molecular weight excluding hydrogens is 316 g/mol. The van der Waals surface area contributed by atoms with E-state index in [1.54, 1.807) is 17.4 Å². The van der Waals surface area contributed by atoms with Crippen molar-refractivity contribution < 1.29 is 5.11 Å². The Morgan fingerprint density at radius 1 is 1.33 bits per heavy atom. The summed E-state index contributed by atoms with van der Waals surface area (Å²) in [6.45, 7) is 2.02. The van der Waals surface area contributed by atoms with Crippen LogP contribution in [0.4, 0.5) is 0 Å². The van der Waals surface area contributed by atoms with Gasteiger partial charge in [0.05, 0.1) is 4.34 Å². The maximum atomic E-state index is 10.1. The van der Waals surface area contributed by atoms with Crippen LogP contribution in [-0.4, -0.2) is 5.11 Å². The summed E-state index contributed by atoms with van der Waals surface area (Å²) in [5.41, 5.74) is 0. The molecule has 0 spiro atoms. The largest absolute Gasteiger partial charge is 0.382 e. The molecule has 0 amide bonds. The number of thiophene rings is 2. The number of hydrogen-bond donors (Lipinski definition) is 1. The average molecular weight is 324 g/mol. The summed E-state index contributed by atoms with van der Waals surface area (Å²) < 4.78 is 1.75. The lowest BCUT2D eigenvalue weighted by Gasteiger charge is -2.04. The van der Waals surface area contributed by atoms with Crippen molar-refractivity contribution in [3.8, 4) is 0 Å². The standard InChI is InChI=1S/C10H8BrClOS2/c1-5-6(11)4-8(14-5)10(13)7-2-3-9(12)15-7/h2-4,10,13H,1H3. The van der Waals surface area contributed by atoms with Crippen molar-refractivity contribution in [3.05, 3.63) is 41.6 Å². The zero-order chi connectivity index (χ0) is 11.0. The van der Waals surface area contributed by atoms with E-state index in [1.165, 1.54) is 16.2 Å². The number of hydrogen-bond acceptors (Lipinski definition) is 3. The summed E-state index contributed by atoms with van der Waals surface area (Å²) >= 11 is 12.3. The van der Waals surface area contributed by atoms with Crippen LogP contribution in [0.3, 0.4) is 0 Å². The van der Waals surface area contributed by atoms with Gasteiger partial charge in [-0.15, -0.1) is 22.7 Å². The molecule has 2 heterocycles. The molecule has 0 saturated carbocycles. The predicted octanol–water partition coefficient (Wildman–Crippen LogP) is 4.62. The highest BCUT2D eigenvalue weighted by Crippen LogP contribution is 2.36. The van der Waals surface area contributed by atoms with Crippen molar-refractivity contribution in [2.45, 2.75) is 13.0 Å². The van der Waals surface area contributed by atoms with Crippen LogP contribution in [0.25, 0.3) is 0 Å². The Kier molecular flexibility index (Phi) is 3.52. The monoisotopic (exact) mass is 322 g/mol. The number of aliphatic hydroxyl groups excluding tert-OH is 1. The predicted molar refractivity (Wildman–Crippen MR) is 70.1 cm³/mol. The van der Waals surface area contributed by atoms with E-state index in [2.05, 4.69) is 15.9 Å². The second-order valence-corrected chi connectivity index (χ2v) is 6.99. The molecule has 2 rings (SSSR count). The first-order chi connectivity index (χ1) is 7.08. The van der Waals surface area contributed by atoms with E-state index in [1.807, 2.05) is 19.1 Å². The number of rotatable bonds is 2. The van der Waals surface area contributed by atoms with E-state index >= 15 is 0 Å². The number of aliphatic hydroxyl groups is 1. The second kappa shape index (κ2) is 4.55. The Hall–Kier alpha value is 0.130. The maximum absolute atomic E-state index is 10.1. The molecular formula is C10H8BrClOS2. The highest BCUT2D eigenvalue weighted by atomic mass is 79.9. The van der Waals surface area contributed by atoms with E-state index in [4.69, 9.17) is 11.6 Å². The summed E-state index contributed by atoms with van der Waals surface area (Å²) in [7, 11) is 0. The molecule has 0 fully saturated rings. The Morgan fingerprint density at radius 2 is 2.07 bits per heavy atom. The highest BCUT2D eigenvalue weighted by molar-refractivity contribution is 9.10. The minimum absolute atomic E-state index is 0.558. The zero-order valence-electron chi connectivity index (χ0n) is 7.83. The van der Waals surface area contributed by atoms with E-state index in [9.17, 15) is 5.11 Å². The van der Waals surface area contributed by atoms with Gasteiger partial charge in [0, 0.05) is 19.1 Å². The SMILES string of the molecule is Cc1sc(C(O)c2ccc(Cl)s2)cc1Br. The van der Waals surface area contributed by atoms with Crippen molar-refractivity contribution in [2.24, 2.45) is 0 Å². The molecule has 0 radical (unpaired) electrons. The van der Waals surface area contributed by atoms with Gasteiger partial charge >= 0.3 is 0 Å². The molecule has 0 aliphatic heterocycles. The fourth-order valence-electron chi connectivity index (χ4n) is 1.23. The van der Waals surface area contributed by atoms with Crippen LogP contribution in [-0.2, 0) is 0 Å². The molecule has 5 heteroatoms. The van der Waals surface area contributed by atoms with E-state index in [0.717, 1.165) is 14.2 Å². The molecule has 0 bridgehead atoms. The minimum Gasteiger partial charge on any atom is -0.382 e. The van der Waals surface area contributed by atoms with Crippen LogP contribution in [0, 0.1) is 6.92 Å². The summed E-state index contributed by atoms with van der Waals surface area (Å²) in [5.74, 6) is 0. The molecule has 2 aromatic heterocycles. The maximum Gasteiger partial charge on any atom is 0.122 e. The van der Waals surface area contributed by atoms with Gasteiger partial charge < -0.3 is 5.11 Å². The van der Waals surface area contributed by atoms with Crippen LogP contribution in [0.1, 0.15) is 20.7 Å². The summed E-state index contributed by atoms with van der Waals surface area (Å²) in [6, 6.07) is 5.62. The van der Waals surface area contributed by atoms with Gasteiger partial charge in [-0.2, -0.15) is 0 Å². The van der Waals surface area contributed by atoms with Gasteiger partial charge in [-0.1, -0.05) is 11.6 Å². The fourth-order valence-corrected chi connectivity index (χ4v) is 3.94. The average Bonchev–Trinajstić information content (AvgIpc) is 2.74. The summed E-state index contributed by atoms with van der Waals surface area (Å²) in [4.78, 5) is 3.00. The molecule has 1 nitrogen and oxygen atoms in total. The lowest BCUT2D eigenvalue weighted by Crippen LogP contribution is -1.92. The van der Waals surface area contributed by atoms with Crippen molar-refractivity contribution in [2.75, 3.05) is 0 Å². The molecule has 0 aromatic carbocycles. The molecule has 80 valence electrons. The Morgan fingerprint density at radius 3 is 2.53 bits per heavy atom. The third-order valence-electron chi connectivity index (χ3n) is 2.01. The van der Waals surface area contributed by atoms with Gasteiger partial charge in [-0.25, -0.2) is 0 Å².